The number of H-pyrrole nitrogens is 1. The molecule has 140 valence electrons. The zero-order valence-electron chi connectivity index (χ0n) is 14.9. The van der Waals surface area contributed by atoms with Gasteiger partial charge in [-0.2, -0.15) is 5.10 Å². The Morgan fingerprint density at radius 3 is 2.58 bits per heavy atom. The van der Waals surface area contributed by atoms with Crippen LogP contribution in [0.5, 0.6) is 0 Å². The molecule has 1 atom stereocenters. The van der Waals surface area contributed by atoms with Crippen molar-refractivity contribution in [3.8, 4) is 0 Å². The number of aryl methyl sites for hydroxylation is 2. The maximum Gasteiger partial charge on any atom is 0.265 e. The monoisotopic (exact) mass is 378 g/mol. The molecule has 2 N–H and O–H groups in total. The van der Waals surface area contributed by atoms with Gasteiger partial charge in [0.2, 0.25) is 0 Å². The lowest BCUT2D eigenvalue weighted by Gasteiger charge is -2.33. The van der Waals surface area contributed by atoms with Gasteiger partial charge in [0, 0.05) is 17.8 Å². The molecule has 9 heteroatoms. The van der Waals surface area contributed by atoms with Crippen LogP contribution < -0.4 is 4.72 Å². The smallest absolute Gasteiger partial charge is 0.265 e. The number of nitrogens with one attached hydrogen (secondary N) is 2. The Labute approximate surface area is 152 Å². The molecule has 1 unspecified atom stereocenters. The van der Waals surface area contributed by atoms with Gasteiger partial charge < -0.3 is 9.64 Å². The average Bonchev–Trinajstić information content (AvgIpc) is 2.94. The zero-order chi connectivity index (χ0) is 18.9. The number of nitrogens with zero attached hydrogens (tertiary/aromatic N) is 2. The molecule has 3 rings (SSSR count). The van der Waals surface area contributed by atoms with E-state index in [1.54, 1.807) is 43.0 Å². The van der Waals surface area contributed by atoms with E-state index >= 15 is 0 Å². The van der Waals surface area contributed by atoms with Crippen LogP contribution in [0.2, 0.25) is 0 Å². The van der Waals surface area contributed by atoms with Crippen molar-refractivity contribution >= 4 is 21.6 Å². The first-order chi connectivity index (χ1) is 12.3. The number of benzene rings is 1. The second kappa shape index (κ2) is 7.08. The maximum atomic E-state index is 12.6. The first kappa shape index (κ1) is 18.4. The Balaban J connectivity index is 1.77. The van der Waals surface area contributed by atoms with Crippen LogP contribution in [-0.2, 0) is 14.8 Å². The highest BCUT2D eigenvalue weighted by Crippen LogP contribution is 2.21. The number of ether oxygens (including phenoxy) is 1. The lowest BCUT2D eigenvalue weighted by molar-refractivity contribution is 0.00359. The summed E-state index contributed by atoms with van der Waals surface area (Å²) in [6.07, 6.45) is 0. The van der Waals surface area contributed by atoms with E-state index in [9.17, 15) is 13.2 Å². The van der Waals surface area contributed by atoms with Gasteiger partial charge in [-0.25, -0.2) is 8.42 Å². The zero-order valence-corrected chi connectivity index (χ0v) is 15.8. The molecule has 1 aliphatic heterocycles. The van der Waals surface area contributed by atoms with E-state index in [4.69, 9.17) is 4.74 Å². The molecule has 1 aliphatic rings. The number of anilines is 1. The summed E-state index contributed by atoms with van der Waals surface area (Å²) < 4.78 is 33.0. The normalized spacial score (nSPS) is 18.0. The van der Waals surface area contributed by atoms with Crippen LogP contribution in [0.3, 0.4) is 0 Å². The van der Waals surface area contributed by atoms with Gasteiger partial charge in [-0.15, -0.1) is 0 Å². The van der Waals surface area contributed by atoms with Gasteiger partial charge in [-0.3, -0.25) is 14.6 Å². The van der Waals surface area contributed by atoms with Crippen molar-refractivity contribution in [3.63, 3.8) is 0 Å². The van der Waals surface area contributed by atoms with Crippen molar-refractivity contribution in [1.82, 2.24) is 15.1 Å². The van der Waals surface area contributed by atoms with Gasteiger partial charge in [0.1, 0.15) is 4.90 Å². The van der Waals surface area contributed by atoms with Gasteiger partial charge in [0.05, 0.1) is 30.6 Å². The number of aromatic nitrogens is 2. The summed E-state index contributed by atoms with van der Waals surface area (Å²) in [4.78, 5) is 14.5. The predicted molar refractivity (Wildman–Crippen MR) is 96.6 cm³/mol. The summed E-state index contributed by atoms with van der Waals surface area (Å²) in [6, 6.07) is 6.43. The third-order valence-corrected chi connectivity index (χ3v) is 5.99. The highest BCUT2D eigenvalue weighted by molar-refractivity contribution is 7.92. The summed E-state index contributed by atoms with van der Waals surface area (Å²) in [6.45, 7) is 6.82. The minimum Gasteiger partial charge on any atom is -0.377 e. The van der Waals surface area contributed by atoms with Crippen molar-refractivity contribution in [2.24, 2.45) is 0 Å². The van der Waals surface area contributed by atoms with Crippen LogP contribution in [0.1, 0.15) is 28.7 Å². The van der Waals surface area contributed by atoms with E-state index in [-0.39, 0.29) is 16.8 Å². The molecule has 1 saturated heterocycles. The van der Waals surface area contributed by atoms with E-state index in [1.165, 1.54) is 0 Å². The number of aromatic amines is 1. The minimum atomic E-state index is -3.75. The van der Waals surface area contributed by atoms with E-state index in [2.05, 4.69) is 14.9 Å². The van der Waals surface area contributed by atoms with E-state index in [0.29, 0.717) is 42.4 Å². The highest BCUT2D eigenvalue weighted by atomic mass is 32.2. The second-order valence-corrected chi connectivity index (χ2v) is 7.99. The minimum absolute atomic E-state index is 0.0153. The summed E-state index contributed by atoms with van der Waals surface area (Å²) in [7, 11) is -3.75. The largest absolute Gasteiger partial charge is 0.377 e. The number of rotatable bonds is 4. The molecular formula is C17H22N4O4S. The Hall–Kier alpha value is -2.39. The lowest BCUT2D eigenvalue weighted by Crippen LogP contribution is -2.47. The molecule has 1 amide bonds. The van der Waals surface area contributed by atoms with Crippen LogP contribution in [0.25, 0.3) is 0 Å². The van der Waals surface area contributed by atoms with E-state index in [1.807, 2.05) is 6.92 Å². The molecule has 8 nitrogen and oxygen atoms in total. The summed E-state index contributed by atoms with van der Waals surface area (Å²) in [5, 5.41) is 6.58. The maximum absolute atomic E-state index is 12.6. The Morgan fingerprint density at radius 2 is 2.00 bits per heavy atom. The van der Waals surface area contributed by atoms with Crippen molar-refractivity contribution in [2.45, 2.75) is 31.7 Å². The SMILES string of the molecule is Cc1n[nH]c(C)c1S(=O)(=O)Nc1ccc(C(=O)N2CCOCC2C)cc1. The van der Waals surface area contributed by atoms with Gasteiger partial charge >= 0.3 is 0 Å². The quantitative estimate of drug-likeness (QED) is 0.842. The van der Waals surface area contributed by atoms with Crippen molar-refractivity contribution < 1.29 is 17.9 Å². The van der Waals surface area contributed by atoms with Crippen LogP contribution in [0, 0.1) is 13.8 Å². The predicted octanol–water partition coefficient (Wildman–Crippen LogP) is 1.69. The number of carbonyl (C=O) groups is 1. The number of hydrogen-bond acceptors (Lipinski definition) is 5. The first-order valence-electron chi connectivity index (χ1n) is 8.33. The molecule has 2 heterocycles. The fraction of sp³-hybridized carbons (Fsp3) is 0.412. The van der Waals surface area contributed by atoms with E-state index in [0.717, 1.165) is 0 Å². The first-order valence-corrected chi connectivity index (χ1v) is 9.81. The molecule has 0 spiro atoms. The van der Waals surface area contributed by atoms with Crippen LogP contribution in [-0.4, -0.2) is 55.2 Å². The standard InChI is InChI=1S/C17H22N4O4S/c1-11-10-25-9-8-21(11)17(22)14-4-6-15(7-5-14)20-26(23,24)16-12(2)18-19-13(16)3/h4-7,11,20H,8-10H2,1-3H3,(H,18,19). The van der Waals surface area contributed by atoms with Crippen molar-refractivity contribution in [2.75, 3.05) is 24.5 Å². The van der Waals surface area contributed by atoms with Crippen molar-refractivity contribution in [1.29, 1.82) is 0 Å². The molecule has 2 aromatic rings. The Kier molecular flexibility index (Phi) is 5.01. The lowest BCUT2D eigenvalue weighted by atomic mass is 10.1. The molecule has 1 aromatic carbocycles. The topological polar surface area (TPSA) is 104 Å². The van der Waals surface area contributed by atoms with Crippen LogP contribution in [0.15, 0.2) is 29.2 Å². The molecule has 0 radical (unpaired) electrons. The third kappa shape index (κ3) is 3.58. The molecule has 0 aliphatic carbocycles. The van der Waals surface area contributed by atoms with Gasteiger partial charge in [0.25, 0.3) is 15.9 Å². The fourth-order valence-electron chi connectivity index (χ4n) is 3.02. The van der Waals surface area contributed by atoms with Crippen LogP contribution in [0.4, 0.5) is 5.69 Å². The molecular weight excluding hydrogens is 356 g/mol. The molecule has 26 heavy (non-hydrogen) atoms. The van der Waals surface area contributed by atoms with Gasteiger partial charge in [0.15, 0.2) is 0 Å². The van der Waals surface area contributed by atoms with Gasteiger partial charge in [-0.1, -0.05) is 0 Å². The van der Waals surface area contributed by atoms with Crippen molar-refractivity contribution in [3.05, 3.63) is 41.2 Å². The number of amides is 1. The Morgan fingerprint density at radius 1 is 1.31 bits per heavy atom. The highest BCUT2D eigenvalue weighted by Gasteiger charge is 2.25. The molecule has 0 bridgehead atoms. The van der Waals surface area contributed by atoms with E-state index < -0.39 is 10.0 Å². The number of hydrogen-bond donors (Lipinski definition) is 2. The summed E-state index contributed by atoms with van der Waals surface area (Å²) in [5.74, 6) is -0.0864. The molecule has 1 aromatic heterocycles. The van der Waals surface area contributed by atoms with Gasteiger partial charge in [-0.05, 0) is 45.0 Å². The molecule has 1 fully saturated rings. The third-order valence-electron chi connectivity index (χ3n) is 4.34. The second-order valence-electron chi connectivity index (χ2n) is 6.37. The number of morpholine rings is 1. The molecule has 0 saturated carbocycles. The average molecular weight is 378 g/mol. The van der Waals surface area contributed by atoms with Crippen LogP contribution >= 0.6 is 0 Å². The Bertz CT molecular complexity index is 886. The summed E-state index contributed by atoms with van der Waals surface area (Å²) in [5.41, 5.74) is 1.78. The number of sulfonamides is 1. The fourth-order valence-corrected chi connectivity index (χ4v) is 4.45. The number of carbonyl (C=O) groups excluding carboxylic acids is 1. The summed E-state index contributed by atoms with van der Waals surface area (Å²) >= 11 is 0.